The average molecular weight is 177 g/mol. The first-order valence-electron chi connectivity index (χ1n) is 3.75. The van der Waals surface area contributed by atoms with E-state index in [2.05, 4.69) is 11.7 Å². The Morgan fingerprint density at radius 2 is 1.92 bits per heavy atom. The van der Waals surface area contributed by atoms with Crippen molar-refractivity contribution in [1.29, 1.82) is 0 Å². The normalized spacial score (nSPS) is 30.2. The highest BCUT2D eigenvalue weighted by Gasteiger charge is 2.38. The molecule has 0 spiro atoms. The zero-order chi connectivity index (χ0) is 9.19. The fourth-order valence-electron chi connectivity index (χ4n) is 1.23. The van der Waals surface area contributed by atoms with Gasteiger partial charge in [-0.2, -0.15) is 13.2 Å². The zero-order valence-electron chi connectivity index (χ0n) is 6.51. The third-order valence-electron chi connectivity index (χ3n) is 1.99. The molecule has 2 atom stereocenters. The molecule has 0 saturated carbocycles. The van der Waals surface area contributed by atoms with E-state index in [1.54, 1.807) is 0 Å². The summed E-state index contributed by atoms with van der Waals surface area (Å²) >= 11 is 0. The Bertz CT molecular complexity index is 195. The minimum Gasteiger partial charge on any atom is -0.293 e. The monoisotopic (exact) mass is 177 g/mol. The van der Waals surface area contributed by atoms with E-state index in [1.165, 1.54) is 12.2 Å². The van der Waals surface area contributed by atoms with Crippen LogP contribution in [0.4, 0.5) is 13.2 Å². The van der Waals surface area contributed by atoms with Crippen LogP contribution in [0.5, 0.6) is 0 Å². The van der Waals surface area contributed by atoms with Gasteiger partial charge in [0.1, 0.15) is 0 Å². The Balaban J connectivity index is 2.59. The molecule has 12 heavy (non-hydrogen) atoms. The van der Waals surface area contributed by atoms with Crippen LogP contribution in [0, 0.1) is 5.92 Å². The number of allylic oxidation sites excluding steroid dienone is 1. The van der Waals surface area contributed by atoms with Gasteiger partial charge in [-0.1, -0.05) is 12.2 Å². The summed E-state index contributed by atoms with van der Waals surface area (Å²) in [4.78, 5) is 3.66. The number of rotatable bonds is 1. The van der Waals surface area contributed by atoms with Crippen LogP contribution < -0.4 is 0 Å². The van der Waals surface area contributed by atoms with Gasteiger partial charge >= 0.3 is 6.18 Å². The van der Waals surface area contributed by atoms with Crippen LogP contribution >= 0.6 is 0 Å². The molecule has 1 nitrogen and oxygen atoms in total. The van der Waals surface area contributed by atoms with E-state index >= 15 is 0 Å². The fraction of sp³-hybridized carbons (Fsp3) is 0.625. The van der Waals surface area contributed by atoms with Crippen molar-refractivity contribution < 1.29 is 13.2 Å². The Morgan fingerprint density at radius 3 is 2.25 bits per heavy atom. The van der Waals surface area contributed by atoms with Crippen LogP contribution in [-0.4, -0.2) is 18.9 Å². The summed E-state index contributed by atoms with van der Waals surface area (Å²) in [6.07, 6.45) is -0.853. The van der Waals surface area contributed by atoms with E-state index in [1.807, 2.05) is 0 Å². The largest absolute Gasteiger partial charge is 0.395 e. The summed E-state index contributed by atoms with van der Waals surface area (Å²) in [5, 5.41) is 0. The van der Waals surface area contributed by atoms with E-state index in [4.69, 9.17) is 0 Å². The number of nitrogens with zero attached hydrogens (tertiary/aromatic N) is 1. The van der Waals surface area contributed by atoms with Gasteiger partial charge < -0.3 is 0 Å². The van der Waals surface area contributed by atoms with Gasteiger partial charge in [-0.15, -0.1) is 0 Å². The van der Waals surface area contributed by atoms with Crippen LogP contribution in [0.15, 0.2) is 17.1 Å². The molecule has 0 aromatic heterocycles. The second kappa shape index (κ2) is 3.29. The highest BCUT2D eigenvalue weighted by molar-refractivity contribution is 5.26. The highest BCUT2D eigenvalue weighted by Crippen LogP contribution is 2.34. The molecule has 1 aliphatic carbocycles. The SMILES string of the molecule is C=NC1C=CC(C(F)(F)F)CC1. The first-order chi connectivity index (χ1) is 5.54. The lowest BCUT2D eigenvalue weighted by molar-refractivity contribution is -0.163. The van der Waals surface area contributed by atoms with Crippen LogP contribution in [-0.2, 0) is 0 Å². The van der Waals surface area contributed by atoms with Gasteiger partial charge in [-0.05, 0) is 19.6 Å². The van der Waals surface area contributed by atoms with Crippen molar-refractivity contribution in [2.24, 2.45) is 10.9 Å². The molecule has 0 aliphatic heterocycles. The van der Waals surface area contributed by atoms with E-state index < -0.39 is 12.1 Å². The van der Waals surface area contributed by atoms with Crippen LogP contribution in [0.2, 0.25) is 0 Å². The molecule has 1 rings (SSSR count). The third kappa shape index (κ3) is 2.09. The summed E-state index contributed by atoms with van der Waals surface area (Å²) < 4.78 is 36.2. The molecule has 4 heteroatoms. The van der Waals surface area contributed by atoms with Gasteiger partial charge in [0.25, 0.3) is 0 Å². The maximum Gasteiger partial charge on any atom is 0.395 e. The maximum atomic E-state index is 12.1. The highest BCUT2D eigenvalue weighted by atomic mass is 19.4. The first-order valence-corrected chi connectivity index (χ1v) is 3.75. The molecule has 0 saturated heterocycles. The number of hydrogen-bond donors (Lipinski definition) is 0. The number of aliphatic imine (C=N–C) groups is 1. The maximum absolute atomic E-state index is 12.1. The molecule has 1 aliphatic rings. The van der Waals surface area contributed by atoms with Gasteiger partial charge in [0.15, 0.2) is 0 Å². The minimum atomic E-state index is -4.09. The molecule has 0 N–H and O–H groups in total. The second-order valence-electron chi connectivity index (χ2n) is 2.86. The fourth-order valence-corrected chi connectivity index (χ4v) is 1.23. The van der Waals surface area contributed by atoms with Crippen LogP contribution in [0.3, 0.4) is 0 Å². The Labute approximate surface area is 69.0 Å². The third-order valence-corrected chi connectivity index (χ3v) is 1.99. The zero-order valence-corrected chi connectivity index (χ0v) is 6.51. The summed E-state index contributed by atoms with van der Waals surface area (Å²) in [6, 6.07) is -0.122. The van der Waals surface area contributed by atoms with Crippen molar-refractivity contribution in [2.75, 3.05) is 0 Å². The van der Waals surface area contributed by atoms with Gasteiger partial charge in [0.05, 0.1) is 12.0 Å². The average Bonchev–Trinajstić information content (AvgIpc) is 2.03. The molecule has 0 aromatic rings. The smallest absolute Gasteiger partial charge is 0.293 e. The van der Waals surface area contributed by atoms with Crippen molar-refractivity contribution in [2.45, 2.75) is 25.1 Å². The minimum absolute atomic E-state index is 0.122. The summed E-state index contributed by atoms with van der Waals surface area (Å²) in [5.41, 5.74) is 0. The number of halogens is 3. The number of hydrogen-bond acceptors (Lipinski definition) is 1. The Kier molecular flexibility index (Phi) is 2.55. The summed E-state index contributed by atoms with van der Waals surface area (Å²) in [7, 11) is 0. The quantitative estimate of drug-likeness (QED) is 0.431. The van der Waals surface area contributed by atoms with Gasteiger partial charge in [0.2, 0.25) is 0 Å². The van der Waals surface area contributed by atoms with Crippen LogP contribution in [0.25, 0.3) is 0 Å². The summed E-state index contributed by atoms with van der Waals surface area (Å²) in [6.45, 7) is 3.29. The van der Waals surface area contributed by atoms with Crippen molar-refractivity contribution in [3.05, 3.63) is 12.2 Å². The molecule has 68 valence electrons. The van der Waals surface area contributed by atoms with Crippen molar-refractivity contribution >= 4 is 6.72 Å². The van der Waals surface area contributed by atoms with Crippen LogP contribution in [0.1, 0.15) is 12.8 Å². The second-order valence-corrected chi connectivity index (χ2v) is 2.86. The predicted octanol–water partition coefficient (Wildman–Crippen LogP) is 2.58. The Hall–Kier alpha value is -0.800. The molecular weight excluding hydrogens is 167 g/mol. The lowest BCUT2D eigenvalue weighted by Gasteiger charge is -2.22. The molecular formula is C8H10F3N. The van der Waals surface area contributed by atoms with Crippen molar-refractivity contribution in [1.82, 2.24) is 0 Å². The van der Waals surface area contributed by atoms with E-state index in [0.717, 1.165) is 0 Å². The molecule has 0 amide bonds. The molecule has 0 bridgehead atoms. The predicted molar refractivity (Wildman–Crippen MR) is 41.3 cm³/mol. The summed E-state index contributed by atoms with van der Waals surface area (Å²) in [5.74, 6) is -1.28. The van der Waals surface area contributed by atoms with E-state index in [0.29, 0.717) is 6.42 Å². The lowest BCUT2D eigenvalue weighted by Crippen LogP contribution is -2.25. The standard InChI is InChI=1S/C8H10F3N/c1-12-7-4-2-6(3-5-7)8(9,10)11/h2,4,6-7H,1,3,5H2. The van der Waals surface area contributed by atoms with Crippen molar-refractivity contribution in [3.8, 4) is 0 Å². The lowest BCUT2D eigenvalue weighted by atomic mass is 9.93. The molecule has 0 radical (unpaired) electrons. The van der Waals surface area contributed by atoms with E-state index in [9.17, 15) is 13.2 Å². The molecule has 0 aromatic carbocycles. The molecule has 0 heterocycles. The Morgan fingerprint density at radius 1 is 1.25 bits per heavy atom. The van der Waals surface area contributed by atoms with Gasteiger partial charge in [0, 0.05) is 0 Å². The molecule has 2 unspecified atom stereocenters. The number of alkyl halides is 3. The topological polar surface area (TPSA) is 12.4 Å². The molecule has 0 fully saturated rings. The first kappa shape index (κ1) is 9.29. The van der Waals surface area contributed by atoms with E-state index in [-0.39, 0.29) is 12.5 Å². The van der Waals surface area contributed by atoms with Gasteiger partial charge in [-0.3, -0.25) is 4.99 Å². The van der Waals surface area contributed by atoms with Gasteiger partial charge in [-0.25, -0.2) is 0 Å². The van der Waals surface area contributed by atoms with Crippen molar-refractivity contribution in [3.63, 3.8) is 0 Å².